The molecule has 0 saturated carbocycles. The number of para-hydroxylation sites is 1. The quantitative estimate of drug-likeness (QED) is 0.612. The number of methoxy groups -OCH3 is 1. The van der Waals surface area contributed by atoms with Crippen molar-refractivity contribution in [3.05, 3.63) is 48.5 Å². The standard InChI is InChI=1S/C15H14O3/c1-11(16)18-14-10-6-9-13(15(14)17-2)12-7-4-3-5-8-12/h3-10H,1-2H3. The number of hydrogen-bond acceptors (Lipinski definition) is 3. The number of ether oxygens (including phenoxy) is 2. The summed E-state index contributed by atoms with van der Waals surface area (Å²) in [5.41, 5.74) is 1.92. The molecule has 3 heteroatoms. The lowest BCUT2D eigenvalue weighted by molar-refractivity contribution is -0.132. The fourth-order valence-electron chi connectivity index (χ4n) is 1.81. The van der Waals surface area contributed by atoms with E-state index in [0.717, 1.165) is 11.1 Å². The minimum atomic E-state index is -0.362. The smallest absolute Gasteiger partial charge is 0.308 e. The second kappa shape index (κ2) is 5.36. The topological polar surface area (TPSA) is 35.5 Å². The lowest BCUT2D eigenvalue weighted by atomic mass is 10.0. The molecule has 2 aromatic carbocycles. The van der Waals surface area contributed by atoms with Gasteiger partial charge in [0.25, 0.3) is 0 Å². The summed E-state index contributed by atoms with van der Waals surface area (Å²) in [5, 5.41) is 0. The van der Waals surface area contributed by atoms with Crippen LogP contribution in [-0.4, -0.2) is 13.1 Å². The Hall–Kier alpha value is -2.29. The van der Waals surface area contributed by atoms with Crippen molar-refractivity contribution in [2.24, 2.45) is 0 Å². The Morgan fingerprint density at radius 3 is 2.33 bits per heavy atom. The fraction of sp³-hybridized carbons (Fsp3) is 0.133. The highest BCUT2D eigenvalue weighted by Gasteiger charge is 2.12. The van der Waals surface area contributed by atoms with Crippen LogP contribution in [-0.2, 0) is 4.79 Å². The Morgan fingerprint density at radius 1 is 1.00 bits per heavy atom. The first-order valence-corrected chi connectivity index (χ1v) is 5.63. The van der Waals surface area contributed by atoms with Crippen LogP contribution in [0, 0.1) is 0 Å². The molecule has 0 N–H and O–H groups in total. The van der Waals surface area contributed by atoms with Crippen molar-refractivity contribution in [1.82, 2.24) is 0 Å². The van der Waals surface area contributed by atoms with Crippen molar-refractivity contribution < 1.29 is 14.3 Å². The van der Waals surface area contributed by atoms with Gasteiger partial charge in [-0.15, -0.1) is 0 Å². The van der Waals surface area contributed by atoms with Gasteiger partial charge in [0.1, 0.15) is 0 Å². The number of carbonyl (C=O) groups is 1. The van der Waals surface area contributed by atoms with Gasteiger partial charge in [0.15, 0.2) is 11.5 Å². The van der Waals surface area contributed by atoms with Gasteiger partial charge in [-0.1, -0.05) is 42.5 Å². The molecule has 0 bridgehead atoms. The van der Waals surface area contributed by atoms with E-state index in [2.05, 4.69) is 0 Å². The van der Waals surface area contributed by atoms with E-state index in [-0.39, 0.29) is 5.97 Å². The van der Waals surface area contributed by atoms with Gasteiger partial charge in [-0.25, -0.2) is 0 Å². The van der Waals surface area contributed by atoms with Crippen LogP contribution < -0.4 is 9.47 Å². The molecular formula is C15H14O3. The second-order valence-electron chi connectivity index (χ2n) is 3.80. The van der Waals surface area contributed by atoms with Crippen molar-refractivity contribution in [2.45, 2.75) is 6.92 Å². The third-order valence-corrected chi connectivity index (χ3v) is 2.52. The second-order valence-corrected chi connectivity index (χ2v) is 3.80. The molecule has 0 amide bonds. The molecule has 18 heavy (non-hydrogen) atoms. The summed E-state index contributed by atoms with van der Waals surface area (Å²) in [6.07, 6.45) is 0. The van der Waals surface area contributed by atoms with Crippen molar-refractivity contribution >= 4 is 5.97 Å². The molecule has 0 fully saturated rings. The predicted molar refractivity (Wildman–Crippen MR) is 69.7 cm³/mol. The average molecular weight is 242 g/mol. The first-order valence-electron chi connectivity index (χ1n) is 5.63. The minimum absolute atomic E-state index is 0.362. The molecule has 0 aliphatic carbocycles. The summed E-state index contributed by atoms with van der Waals surface area (Å²) in [4.78, 5) is 11.1. The predicted octanol–water partition coefficient (Wildman–Crippen LogP) is 3.29. The molecule has 0 aliphatic heterocycles. The molecular weight excluding hydrogens is 228 g/mol. The third-order valence-electron chi connectivity index (χ3n) is 2.52. The number of rotatable bonds is 3. The van der Waals surface area contributed by atoms with Crippen LogP contribution in [0.3, 0.4) is 0 Å². The lowest BCUT2D eigenvalue weighted by Crippen LogP contribution is -2.03. The maximum Gasteiger partial charge on any atom is 0.308 e. The maximum atomic E-state index is 11.1. The molecule has 0 heterocycles. The molecule has 0 unspecified atom stereocenters. The molecule has 2 aromatic rings. The van der Waals surface area contributed by atoms with Crippen molar-refractivity contribution in [3.63, 3.8) is 0 Å². The fourth-order valence-corrected chi connectivity index (χ4v) is 1.81. The van der Waals surface area contributed by atoms with Gasteiger partial charge in [0.05, 0.1) is 7.11 Å². The van der Waals surface area contributed by atoms with E-state index in [1.54, 1.807) is 13.2 Å². The van der Waals surface area contributed by atoms with E-state index in [0.29, 0.717) is 11.5 Å². The summed E-state index contributed by atoms with van der Waals surface area (Å²) in [7, 11) is 1.56. The van der Waals surface area contributed by atoms with E-state index in [9.17, 15) is 4.79 Å². The van der Waals surface area contributed by atoms with Gasteiger partial charge < -0.3 is 9.47 Å². The molecule has 3 nitrogen and oxygen atoms in total. The number of carbonyl (C=O) groups excluding carboxylic acids is 1. The Balaban J connectivity index is 2.51. The van der Waals surface area contributed by atoms with E-state index >= 15 is 0 Å². The molecule has 0 spiro atoms. The van der Waals surface area contributed by atoms with Gasteiger partial charge in [-0.3, -0.25) is 4.79 Å². The van der Waals surface area contributed by atoms with Crippen LogP contribution in [0.4, 0.5) is 0 Å². The summed E-state index contributed by atoms with van der Waals surface area (Å²) in [6.45, 7) is 1.37. The minimum Gasteiger partial charge on any atom is -0.492 e. The molecule has 92 valence electrons. The monoisotopic (exact) mass is 242 g/mol. The number of benzene rings is 2. The van der Waals surface area contributed by atoms with Crippen LogP contribution in [0.15, 0.2) is 48.5 Å². The first kappa shape index (κ1) is 12.2. The summed E-state index contributed by atoms with van der Waals surface area (Å²) in [5.74, 6) is 0.642. The van der Waals surface area contributed by atoms with Gasteiger partial charge in [-0.05, 0) is 11.6 Å². The van der Waals surface area contributed by atoms with E-state index in [4.69, 9.17) is 9.47 Å². The zero-order chi connectivity index (χ0) is 13.0. The normalized spacial score (nSPS) is 9.89. The zero-order valence-corrected chi connectivity index (χ0v) is 10.3. The van der Waals surface area contributed by atoms with E-state index in [1.165, 1.54) is 6.92 Å². The van der Waals surface area contributed by atoms with Crippen LogP contribution in [0.2, 0.25) is 0 Å². The Morgan fingerprint density at radius 2 is 1.72 bits per heavy atom. The highest BCUT2D eigenvalue weighted by Crippen LogP contribution is 2.37. The van der Waals surface area contributed by atoms with Crippen molar-refractivity contribution in [1.29, 1.82) is 0 Å². The van der Waals surface area contributed by atoms with Crippen LogP contribution in [0.1, 0.15) is 6.92 Å². The Bertz CT molecular complexity index is 547. The lowest BCUT2D eigenvalue weighted by Gasteiger charge is -2.12. The average Bonchev–Trinajstić information content (AvgIpc) is 2.39. The maximum absolute atomic E-state index is 11.1. The third kappa shape index (κ3) is 2.51. The van der Waals surface area contributed by atoms with Crippen LogP contribution in [0.25, 0.3) is 11.1 Å². The summed E-state index contributed by atoms with van der Waals surface area (Å²) >= 11 is 0. The molecule has 0 radical (unpaired) electrons. The van der Waals surface area contributed by atoms with Gasteiger partial charge >= 0.3 is 5.97 Å². The summed E-state index contributed by atoms with van der Waals surface area (Å²) < 4.78 is 10.5. The van der Waals surface area contributed by atoms with Crippen LogP contribution in [0.5, 0.6) is 11.5 Å². The van der Waals surface area contributed by atoms with E-state index in [1.807, 2.05) is 42.5 Å². The van der Waals surface area contributed by atoms with Crippen LogP contribution >= 0.6 is 0 Å². The Labute approximate surface area is 106 Å². The number of esters is 1. The Kier molecular flexibility index (Phi) is 3.63. The molecule has 0 saturated heterocycles. The highest BCUT2D eigenvalue weighted by molar-refractivity contribution is 5.77. The molecule has 2 rings (SSSR count). The molecule has 0 aromatic heterocycles. The highest BCUT2D eigenvalue weighted by atomic mass is 16.6. The zero-order valence-electron chi connectivity index (χ0n) is 10.3. The van der Waals surface area contributed by atoms with E-state index < -0.39 is 0 Å². The first-order chi connectivity index (χ1) is 8.72. The van der Waals surface area contributed by atoms with Gasteiger partial charge in [-0.2, -0.15) is 0 Å². The van der Waals surface area contributed by atoms with Gasteiger partial charge in [0, 0.05) is 12.5 Å². The molecule has 0 aliphatic rings. The summed E-state index contributed by atoms with van der Waals surface area (Å²) in [6, 6.07) is 15.3. The van der Waals surface area contributed by atoms with Crippen molar-refractivity contribution in [3.8, 4) is 22.6 Å². The SMILES string of the molecule is COc1c(OC(C)=O)cccc1-c1ccccc1. The molecule has 0 atom stereocenters. The largest absolute Gasteiger partial charge is 0.492 e. The van der Waals surface area contributed by atoms with Crippen molar-refractivity contribution in [2.75, 3.05) is 7.11 Å². The number of hydrogen-bond donors (Lipinski definition) is 0. The van der Waals surface area contributed by atoms with Gasteiger partial charge in [0.2, 0.25) is 0 Å².